The SMILES string of the molecule is NCc1ccc(COc2ccc(F)c(C(F)(F)F)c2)cc1. The zero-order valence-electron chi connectivity index (χ0n) is 11.0. The van der Waals surface area contributed by atoms with Gasteiger partial charge in [-0.2, -0.15) is 13.2 Å². The Kier molecular flexibility index (Phi) is 4.47. The lowest BCUT2D eigenvalue weighted by molar-refractivity contribution is -0.140. The molecule has 6 heteroatoms. The molecule has 0 aliphatic rings. The fourth-order valence-electron chi connectivity index (χ4n) is 1.75. The minimum absolute atomic E-state index is 0.0355. The third kappa shape index (κ3) is 3.95. The highest BCUT2D eigenvalue weighted by Crippen LogP contribution is 2.33. The molecule has 0 fully saturated rings. The Morgan fingerprint density at radius 2 is 1.57 bits per heavy atom. The number of halogens is 4. The molecule has 0 aliphatic heterocycles. The zero-order chi connectivity index (χ0) is 15.5. The molecule has 0 heterocycles. The standard InChI is InChI=1S/C15H13F4NO/c16-14-6-5-12(7-13(14)15(17,18)19)21-9-11-3-1-10(8-20)2-4-11/h1-7H,8-9,20H2. The highest BCUT2D eigenvalue weighted by atomic mass is 19.4. The summed E-state index contributed by atoms with van der Waals surface area (Å²) in [6, 6.07) is 9.74. The minimum atomic E-state index is -4.74. The highest BCUT2D eigenvalue weighted by Gasteiger charge is 2.34. The van der Waals surface area contributed by atoms with E-state index in [-0.39, 0.29) is 12.4 Å². The van der Waals surface area contributed by atoms with Gasteiger partial charge in [0.25, 0.3) is 0 Å². The first-order valence-electron chi connectivity index (χ1n) is 6.17. The highest BCUT2D eigenvalue weighted by molar-refractivity contribution is 5.32. The van der Waals surface area contributed by atoms with Crippen molar-refractivity contribution in [1.29, 1.82) is 0 Å². The van der Waals surface area contributed by atoms with E-state index in [1.54, 1.807) is 12.1 Å². The number of hydrogen-bond acceptors (Lipinski definition) is 2. The van der Waals surface area contributed by atoms with Gasteiger partial charge in [-0.1, -0.05) is 24.3 Å². The predicted octanol–water partition coefficient (Wildman–Crippen LogP) is 3.88. The van der Waals surface area contributed by atoms with Gasteiger partial charge in [-0.05, 0) is 29.3 Å². The van der Waals surface area contributed by atoms with Crippen LogP contribution in [-0.4, -0.2) is 0 Å². The molecule has 0 radical (unpaired) electrons. The molecule has 0 atom stereocenters. The lowest BCUT2D eigenvalue weighted by Gasteiger charge is -2.11. The monoisotopic (exact) mass is 299 g/mol. The van der Waals surface area contributed by atoms with Crippen molar-refractivity contribution in [2.45, 2.75) is 19.3 Å². The normalized spacial score (nSPS) is 11.5. The second-order valence-corrected chi connectivity index (χ2v) is 4.45. The van der Waals surface area contributed by atoms with Crippen molar-refractivity contribution in [3.63, 3.8) is 0 Å². The fraction of sp³-hybridized carbons (Fsp3) is 0.200. The third-order valence-electron chi connectivity index (χ3n) is 2.91. The van der Waals surface area contributed by atoms with E-state index < -0.39 is 17.6 Å². The smallest absolute Gasteiger partial charge is 0.419 e. The van der Waals surface area contributed by atoms with Gasteiger partial charge in [-0.3, -0.25) is 0 Å². The Bertz CT molecular complexity index is 608. The average molecular weight is 299 g/mol. The molecule has 2 N–H and O–H groups in total. The maximum atomic E-state index is 13.1. The van der Waals surface area contributed by atoms with Gasteiger partial charge in [-0.15, -0.1) is 0 Å². The van der Waals surface area contributed by atoms with Gasteiger partial charge < -0.3 is 10.5 Å². The van der Waals surface area contributed by atoms with Gasteiger partial charge in [0, 0.05) is 6.54 Å². The van der Waals surface area contributed by atoms with E-state index in [4.69, 9.17) is 10.5 Å². The van der Waals surface area contributed by atoms with Crippen molar-refractivity contribution in [3.8, 4) is 5.75 Å². The topological polar surface area (TPSA) is 35.2 Å². The van der Waals surface area contributed by atoms with E-state index in [0.717, 1.165) is 17.2 Å². The molecule has 2 rings (SSSR count). The van der Waals surface area contributed by atoms with Crippen molar-refractivity contribution in [2.24, 2.45) is 5.73 Å². The summed E-state index contributed by atoms with van der Waals surface area (Å²) < 4.78 is 56.1. The molecule has 0 aromatic heterocycles. The summed E-state index contributed by atoms with van der Waals surface area (Å²) >= 11 is 0. The van der Waals surface area contributed by atoms with Crippen molar-refractivity contribution in [1.82, 2.24) is 0 Å². The number of rotatable bonds is 4. The molecule has 0 spiro atoms. The summed E-state index contributed by atoms with van der Waals surface area (Å²) in [7, 11) is 0. The van der Waals surface area contributed by atoms with Gasteiger partial charge in [0.05, 0.1) is 5.56 Å². The molecule has 0 unspecified atom stereocenters. The van der Waals surface area contributed by atoms with Gasteiger partial charge >= 0.3 is 6.18 Å². The second kappa shape index (κ2) is 6.13. The van der Waals surface area contributed by atoms with Crippen LogP contribution < -0.4 is 10.5 Å². The lowest BCUT2D eigenvalue weighted by atomic mass is 10.1. The van der Waals surface area contributed by atoms with Crippen molar-refractivity contribution < 1.29 is 22.3 Å². The molecule has 112 valence electrons. The summed E-state index contributed by atoms with van der Waals surface area (Å²) in [5, 5.41) is 0. The van der Waals surface area contributed by atoms with Crippen LogP contribution in [0.25, 0.3) is 0 Å². The van der Waals surface area contributed by atoms with E-state index in [1.807, 2.05) is 12.1 Å². The van der Waals surface area contributed by atoms with E-state index in [1.165, 1.54) is 6.07 Å². The quantitative estimate of drug-likeness (QED) is 0.870. The maximum absolute atomic E-state index is 13.1. The largest absolute Gasteiger partial charge is 0.489 e. The Labute approximate surface area is 119 Å². The molecule has 2 nitrogen and oxygen atoms in total. The molecule has 2 aromatic carbocycles. The van der Waals surface area contributed by atoms with Crippen LogP contribution in [0.5, 0.6) is 5.75 Å². The van der Waals surface area contributed by atoms with Gasteiger partial charge in [0.2, 0.25) is 0 Å². The first-order valence-corrected chi connectivity index (χ1v) is 6.17. The van der Waals surface area contributed by atoms with Crippen molar-refractivity contribution >= 4 is 0 Å². The number of ether oxygens (including phenoxy) is 1. The van der Waals surface area contributed by atoms with Crippen molar-refractivity contribution in [2.75, 3.05) is 0 Å². The third-order valence-corrected chi connectivity index (χ3v) is 2.91. The van der Waals surface area contributed by atoms with Gasteiger partial charge in [0.15, 0.2) is 0 Å². The summed E-state index contributed by atoms with van der Waals surface area (Å²) in [5.74, 6) is -1.35. The number of hydrogen-bond donors (Lipinski definition) is 1. The molecule has 0 amide bonds. The van der Waals surface area contributed by atoms with E-state index >= 15 is 0 Å². The second-order valence-electron chi connectivity index (χ2n) is 4.45. The molecule has 0 bridgehead atoms. The van der Waals surface area contributed by atoms with E-state index in [0.29, 0.717) is 12.6 Å². The summed E-state index contributed by atoms with van der Waals surface area (Å²) in [5.41, 5.74) is 5.86. The lowest BCUT2D eigenvalue weighted by Crippen LogP contribution is -2.08. The van der Waals surface area contributed by atoms with E-state index in [2.05, 4.69) is 0 Å². The minimum Gasteiger partial charge on any atom is -0.489 e. The molecule has 0 saturated carbocycles. The first kappa shape index (κ1) is 15.3. The Morgan fingerprint density at radius 1 is 0.952 bits per heavy atom. The predicted molar refractivity (Wildman–Crippen MR) is 70.1 cm³/mol. The Hall–Kier alpha value is -2.08. The first-order chi connectivity index (χ1) is 9.90. The summed E-state index contributed by atoms with van der Waals surface area (Å²) in [6.07, 6.45) is -4.74. The number of alkyl halides is 3. The zero-order valence-corrected chi connectivity index (χ0v) is 11.0. The molecule has 0 saturated heterocycles. The number of benzene rings is 2. The molecular formula is C15H13F4NO. The average Bonchev–Trinajstić information content (AvgIpc) is 2.45. The molecule has 21 heavy (non-hydrogen) atoms. The van der Waals surface area contributed by atoms with Crippen LogP contribution in [-0.2, 0) is 19.3 Å². The van der Waals surface area contributed by atoms with Crippen molar-refractivity contribution in [3.05, 3.63) is 65.0 Å². The van der Waals surface area contributed by atoms with Crippen LogP contribution in [0.3, 0.4) is 0 Å². The van der Waals surface area contributed by atoms with Gasteiger partial charge in [0.1, 0.15) is 18.2 Å². The Morgan fingerprint density at radius 3 is 2.14 bits per heavy atom. The van der Waals surface area contributed by atoms with Gasteiger partial charge in [-0.25, -0.2) is 4.39 Å². The van der Waals surface area contributed by atoms with Crippen LogP contribution in [0, 0.1) is 5.82 Å². The van der Waals surface area contributed by atoms with Crippen LogP contribution in [0.4, 0.5) is 17.6 Å². The molecular weight excluding hydrogens is 286 g/mol. The molecule has 0 aliphatic carbocycles. The van der Waals surface area contributed by atoms with Crippen LogP contribution in [0.1, 0.15) is 16.7 Å². The van der Waals surface area contributed by atoms with E-state index in [9.17, 15) is 17.6 Å². The molecule has 2 aromatic rings. The van der Waals surface area contributed by atoms with Crippen LogP contribution in [0.15, 0.2) is 42.5 Å². The Balaban J connectivity index is 2.09. The summed E-state index contributed by atoms with van der Waals surface area (Å²) in [4.78, 5) is 0. The summed E-state index contributed by atoms with van der Waals surface area (Å²) in [6.45, 7) is 0.502. The fourth-order valence-corrected chi connectivity index (χ4v) is 1.75. The number of nitrogens with two attached hydrogens (primary N) is 1. The van der Waals surface area contributed by atoms with Crippen LogP contribution >= 0.6 is 0 Å². The van der Waals surface area contributed by atoms with Crippen LogP contribution in [0.2, 0.25) is 0 Å². The maximum Gasteiger partial charge on any atom is 0.419 e.